The molecular formula is C16H20N2O2. The molecule has 0 radical (unpaired) electrons. The molecule has 0 amide bonds. The highest BCUT2D eigenvalue weighted by Gasteiger charge is 2.03. The molecule has 2 aromatic rings. The van der Waals surface area contributed by atoms with E-state index in [1.165, 1.54) is 0 Å². The van der Waals surface area contributed by atoms with Crippen molar-refractivity contribution in [3.8, 4) is 5.75 Å². The van der Waals surface area contributed by atoms with Crippen molar-refractivity contribution in [1.82, 2.24) is 4.98 Å². The second-order valence-corrected chi connectivity index (χ2v) is 4.45. The Bertz CT molecular complexity index is 526. The van der Waals surface area contributed by atoms with Crippen LogP contribution in [0.25, 0.3) is 0 Å². The molecule has 1 aromatic carbocycles. The summed E-state index contributed by atoms with van der Waals surface area (Å²) in [7, 11) is 0. The summed E-state index contributed by atoms with van der Waals surface area (Å²) in [5.41, 5.74) is 2.14. The Hall–Kier alpha value is -2.07. The van der Waals surface area contributed by atoms with Gasteiger partial charge in [-0.3, -0.25) is 0 Å². The van der Waals surface area contributed by atoms with Crippen LogP contribution in [0.2, 0.25) is 0 Å². The van der Waals surface area contributed by atoms with E-state index in [4.69, 9.17) is 9.84 Å². The van der Waals surface area contributed by atoms with Gasteiger partial charge in [0.25, 0.3) is 0 Å². The van der Waals surface area contributed by atoms with Crippen molar-refractivity contribution < 1.29 is 9.84 Å². The number of nitrogens with zero attached hydrogens (tertiary/aromatic N) is 1. The Labute approximate surface area is 119 Å². The van der Waals surface area contributed by atoms with Gasteiger partial charge >= 0.3 is 0 Å². The number of hydrogen-bond donors (Lipinski definition) is 2. The molecule has 0 atom stereocenters. The number of rotatable bonds is 7. The average Bonchev–Trinajstić information content (AvgIpc) is 2.48. The van der Waals surface area contributed by atoms with Crippen LogP contribution in [0.15, 0.2) is 42.6 Å². The number of aliphatic hydroxyl groups excluding tert-OH is 1. The molecule has 0 unspecified atom stereocenters. The van der Waals surface area contributed by atoms with E-state index in [1.807, 2.05) is 43.3 Å². The van der Waals surface area contributed by atoms with Crippen LogP contribution in [-0.4, -0.2) is 23.2 Å². The first-order chi connectivity index (χ1) is 9.83. The summed E-state index contributed by atoms with van der Waals surface area (Å²) in [6, 6.07) is 11.7. The van der Waals surface area contributed by atoms with Crippen molar-refractivity contribution in [3.05, 3.63) is 53.7 Å². The van der Waals surface area contributed by atoms with Crippen LogP contribution in [0.4, 0.5) is 5.82 Å². The molecule has 4 heteroatoms. The summed E-state index contributed by atoms with van der Waals surface area (Å²) in [6.45, 7) is 3.52. The highest BCUT2D eigenvalue weighted by atomic mass is 16.5. The topological polar surface area (TPSA) is 54.4 Å². The van der Waals surface area contributed by atoms with Gasteiger partial charge in [-0.2, -0.15) is 0 Å². The van der Waals surface area contributed by atoms with E-state index in [-0.39, 0.29) is 6.61 Å². The number of ether oxygens (including phenoxy) is 1. The fourth-order valence-electron chi connectivity index (χ4n) is 1.92. The van der Waals surface area contributed by atoms with Gasteiger partial charge in [0, 0.05) is 24.9 Å². The summed E-state index contributed by atoms with van der Waals surface area (Å²) in [5.74, 6) is 1.69. The summed E-state index contributed by atoms with van der Waals surface area (Å²) in [5, 5.41) is 12.1. The molecular weight excluding hydrogens is 252 g/mol. The van der Waals surface area contributed by atoms with Gasteiger partial charge in [0.05, 0.1) is 0 Å². The van der Waals surface area contributed by atoms with E-state index in [0.717, 1.165) is 29.2 Å². The van der Waals surface area contributed by atoms with Crippen molar-refractivity contribution in [2.75, 3.05) is 18.5 Å². The predicted molar refractivity (Wildman–Crippen MR) is 80.0 cm³/mol. The number of benzene rings is 1. The summed E-state index contributed by atoms with van der Waals surface area (Å²) in [6.07, 6.45) is 2.44. The molecule has 20 heavy (non-hydrogen) atoms. The van der Waals surface area contributed by atoms with Crippen LogP contribution in [0.5, 0.6) is 5.75 Å². The lowest BCUT2D eigenvalue weighted by atomic mass is 10.1. The number of anilines is 1. The van der Waals surface area contributed by atoms with Gasteiger partial charge in [-0.05, 0) is 37.1 Å². The molecule has 4 nitrogen and oxygen atoms in total. The summed E-state index contributed by atoms with van der Waals surface area (Å²) < 4.78 is 5.77. The van der Waals surface area contributed by atoms with Crippen molar-refractivity contribution >= 4 is 5.82 Å². The second-order valence-electron chi connectivity index (χ2n) is 4.45. The first-order valence-electron chi connectivity index (χ1n) is 6.84. The Morgan fingerprint density at radius 1 is 1.20 bits per heavy atom. The minimum atomic E-state index is 0.169. The zero-order valence-electron chi connectivity index (χ0n) is 11.7. The monoisotopic (exact) mass is 272 g/mol. The molecule has 0 aliphatic carbocycles. The fraction of sp³-hybridized carbons (Fsp3) is 0.312. The molecule has 0 fully saturated rings. The highest BCUT2D eigenvalue weighted by Crippen LogP contribution is 2.17. The molecule has 2 N–H and O–H groups in total. The Kier molecular flexibility index (Phi) is 5.38. The number of aromatic nitrogens is 1. The third-order valence-electron chi connectivity index (χ3n) is 2.95. The first-order valence-corrected chi connectivity index (χ1v) is 6.84. The second kappa shape index (κ2) is 7.50. The van der Waals surface area contributed by atoms with Crippen molar-refractivity contribution in [2.24, 2.45) is 0 Å². The fourth-order valence-corrected chi connectivity index (χ4v) is 1.92. The van der Waals surface area contributed by atoms with E-state index in [1.54, 1.807) is 6.20 Å². The molecule has 0 saturated carbocycles. The SMILES string of the molecule is CCNc1ncccc1COc1ccc(CCO)cc1. The normalized spacial score (nSPS) is 10.3. The minimum Gasteiger partial charge on any atom is -0.489 e. The third kappa shape index (κ3) is 3.96. The lowest BCUT2D eigenvalue weighted by molar-refractivity contribution is 0.298. The number of pyridine rings is 1. The largest absolute Gasteiger partial charge is 0.489 e. The maximum absolute atomic E-state index is 8.88. The Morgan fingerprint density at radius 3 is 2.70 bits per heavy atom. The van der Waals surface area contributed by atoms with Gasteiger partial charge in [0.15, 0.2) is 0 Å². The smallest absolute Gasteiger partial charge is 0.132 e. The standard InChI is InChI=1S/C16H20N2O2/c1-2-17-16-14(4-3-10-18-16)12-20-15-7-5-13(6-8-15)9-11-19/h3-8,10,19H,2,9,11-12H2,1H3,(H,17,18). The van der Waals surface area contributed by atoms with Crippen LogP contribution in [0.1, 0.15) is 18.1 Å². The van der Waals surface area contributed by atoms with E-state index in [2.05, 4.69) is 10.3 Å². The van der Waals surface area contributed by atoms with E-state index < -0.39 is 0 Å². The zero-order chi connectivity index (χ0) is 14.2. The van der Waals surface area contributed by atoms with Crippen LogP contribution in [0.3, 0.4) is 0 Å². The molecule has 0 bridgehead atoms. The molecule has 1 aromatic heterocycles. The van der Waals surface area contributed by atoms with Crippen molar-refractivity contribution in [3.63, 3.8) is 0 Å². The molecule has 0 aliphatic rings. The number of nitrogens with one attached hydrogen (secondary N) is 1. The minimum absolute atomic E-state index is 0.169. The average molecular weight is 272 g/mol. The molecule has 106 valence electrons. The van der Waals surface area contributed by atoms with Crippen molar-refractivity contribution in [2.45, 2.75) is 20.0 Å². The van der Waals surface area contributed by atoms with Crippen LogP contribution < -0.4 is 10.1 Å². The van der Waals surface area contributed by atoms with Gasteiger partial charge in [-0.1, -0.05) is 18.2 Å². The molecule has 0 spiro atoms. The van der Waals surface area contributed by atoms with Crippen molar-refractivity contribution in [1.29, 1.82) is 0 Å². The summed E-state index contributed by atoms with van der Waals surface area (Å²) in [4.78, 5) is 4.30. The third-order valence-corrected chi connectivity index (χ3v) is 2.95. The predicted octanol–water partition coefficient (Wildman–Crippen LogP) is 2.63. The van der Waals surface area contributed by atoms with E-state index in [9.17, 15) is 0 Å². The number of aliphatic hydroxyl groups is 1. The van der Waals surface area contributed by atoms with Gasteiger partial charge in [-0.15, -0.1) is 0 Å². The van der Waals surface area contributed by atoms with E-state index in [0.29, 0.717) is 13.0 Å². The molecule has 1 heterocycles. The highest BCUT2D eigenvalue weighted by molar-refractivity contribution is 5.43. The van der Waals surface area contributed by atoms with Gasteiger partial charge in [0.1, 0.15) is 18.2 Å². The zero-order valence-corrected chi connectivity index (χ0v) is 11.7. The molecule has 0 saturated heterocycles. The Balaban J connectivity index is 1.97. The van der Waals surface area contributed by atoms with Gasteiger partial charge in [0.2, 0.25) is 0 Å². The maximum atomic E-state index is 8.88. The van der Waals surface area contributed by atoms with Crippen LogP contribution in [-0.2, 0) is 13.0 Å². The van der Waals surface area contributed by atoms with Gasteiger partial charge < -0.3 is 15.2 Å². The summed E-state index contributed by atoms with van der Waals surface area (Å²) >= 11 is 0. The molecule has 0 aliphatic heterocycles. The lowest BCUT2D eigenvalue weighted by Gasteiger charge is -2.11. The van der Waals surface area contributed by atoms with Gasteiger partial charge in [-0.25, -0.2) is 4.98 Å². The lowest BCUT2D eigenvalue weighted by Crippen LogP contribution is -2.05. The van der Waals surface area contributed by atoms with E-state index >= 15 is 0 Å². The first kappa shape index (κ1) is 14.3. The van der Waals surface area contributed by atoms with Crippen LogP contribution in [0, 0.1) is 0 Å². The number of hydrogen-bond acceptors (Lipinski definition) is 4. The van der Waals surface area contributed by atoms with Crippen LogP contribution >= 0.6 is 0 Å². The molecule has 2 rings (SSSR count). The Morgan fingerprint density at radius 2 is 2.00 bits per heavy atom. The maximum Gasteiger partial charge on any atom is 0.132 e. The quantitative estimate of drug-likeness (QED) is 0.813.